The first-order valence-corrected chi connectivity index (χ1v) is 13.0. The van der Waals surface area contributed by atoms with E-state index in [0.717, 1.165) is 42.0 Å². The molecule has 0 bridgehead atoms. The zero-order chi connectivity index (χ0) is 24.7. The molecular weight excluding hydrogens is 446 g/mol. The third-order valence-electron chi connectivity index (χ3n) is 6.58. The van der Waals surface area contributed by atoms with Gasteiger partial charge in [-0.25, -0.2) is 20.3 Å². The van der Waals surface area contributed by atoms with Crippen LogP contribution in [0.25, 0.3) is 10.4 Å². The summed E-state index contributed by atoms with van der Waals surface area (Å²) >= 11 is 1.64. The number of thiazole rings is 1. The second-order valence-electron chi connectivity index (χ2n) is 10.8. The highest BCUT2D eigenvalue weighted by atomic mass is 32.1. The second-order valence-corrected chi connectivity index (χ2v) is 11.7. The number of amides is 1. The van der Waals surface area contributed by atoms with Crippen molar-refractivity contribution in [2.24, 2.45) is 10.4 Å². The standard InChI is InChI=1S/C26H37N5O2S/c1-16(2)28-22(25(4,5)6)24(32)31-14-8-9-20(31)23-29-26(7,33-30-23)19-12-10-18(11-13-19)21-17(3)27-15-34-21/h10-13,15-16,20,22,28H,8-9,14H2,1-7H3,(H,29,30)/t20-,22?,26?/m0/s1. The van der Waals surface area contributed by atoms with E-state index < -0.39 is 5.72 Å². The Hall–Kier alpha value is -2.29. The van der Waals surface area contributed by atoms with E-state index in [2.05, 4.69) is 74.7 Å². The van der Waals surface area contributed by atoms with Gasteiger partial charge in [-0.15, -0.1) is 11.3 Å². The highest BCUT2D eigenvalue weighted by Gasteiger charge is 2.44. The topological polar surface area (TPSA) is 78.9 Å². The Balaban J connectivity index is 1.55. The summed E-state index contributed by atoms with van der Waals surface area (Å²) in [5.74, 6) is 0.860. The van der Waals surface area contributed by atoms with Gasteiger partial charge in [-0.05, 0) is 37.7 Å². The summed E-state index contributed by atoms with van der Waals surface area (Å²) < 4.78 is 0. The van der Waals surface area contributed by atoms with E-state index in [4.69, 9.17) is 9.83 Å². The van der Waals surface area contributed by atoms with E-state index in [1.165, 1.54) is 4.88 Å². The second kappa shape index (κ2) is 9.40. The first-order valence-electron chi connectivity index (χ1n) is 12.1. The van der Waals surface area contributed by atoms with E-state index in [9.17, 15) is 4.79 Å². The number of nitrogens with zero attached hydrogens (tertiary/aromatic N) is 3. The number of aromatic nitrogens is 1. The van der Waals surface area contributed by atoms with Crippen molar-refractivity contribution in [1.29, 1.82) is 0 Å². The number of likely N-dealkylation sites (tertiary alicyclic amines) is 1. The van der Waals surface area contributed by atoms with Crippen LogP contribution in [0.1, 0.15) is 65.6 Å². The monoisotopic (exact) mass is 483 g/mol. The Bertz CT molecular complexity index is 1060. The van der Waals surface area contributed by atoms with Gasteiger partial charge in [0.15, 0.2) is 0 Å². The largest absolute Gasteiger partial charge is 0.331 e. The predicted molar refractivity (Wildman–Crippen MR) is 138 cm³/mol. The van der Waals surface area contributed by atoms with Crippen molar-refractivity contribution in [3.63, 3.8) is 0 Å². The number of aryl methyl sites for hydroxylation is 1. The lowest BCUT2D eigenvalue weighted by molar-refractivity contribution is -0.136. The van der Waals surface area contributed by atoms with Gasteiger partial charge >= 0.3 is 0 Å². The molecule has 2 N–H and O–H groups in total. The molecule has 1 saturated heterocycles. The van der Waals surface area contributed by atoms with Gasteiger partial charge in [0.25, 0.3) is 0 Å². The maximum atomic E-state index is 13.6. The summed E-state index contributed by atoms with van der Waals surface area (Å²) in [5.41, 5.74) is 7.05. The Morgan fingerprint density at radius 1 is 1.29 bits per heavy atom. The molecule has 2 aliphatic rings. The lowest BCUT2D eigenvalue weighted by Gasteiger charge is -2.36. The molecule has 3 atom stereocenters. The van der Waals surface area contributed by atoms with Crippen LogP contribution < -0.4 is 10.8 Å². The van der Waals surface area contributed by atoms with Crippen LogP contribution in [0.5, 0.6) is 0 Å². The van der Waals surface area contributed by atoms with Crippen LogP contribution in [-0.2, 0) is 15.4 Å². The van der Waals surface area contributed by atoms with Gasteiger partial charge in [0, 0.05) is 18.2 Å². The lowest BCUT2D eigenvalue weighted by Crippen LogP contribution is -2.57. The average Bonchev–Trinajstić information content (AvgIpc) is 3.51. The van der Waals surface area contributed by atoms with Crippen molar-refractivity contribution in [3.05, 3.63) is 41.0 Å². The molecular formula is C26H37N5O2S. The molecule has 1 fully saturated rings. The van der Waals surface area contributed by atoms with Gasteiger partial charge in [0.1, 0.15) is 5.84 Å². The predicted octanol–water partition coefficient (Wildman–Crippen LogP) is 4.63. The number of amidine groups is 1. The van der Waals surface area contributed by atoms with Crippen molar-refractivity contribution in [2.75, 3.05) is 6.54 Å². The van der Waals surface area contributed by atoms with Gasteiger partial charge in [0.05, 0.1) is 28.2 Å². The molecule has 1 aromatic heterocycles. The Kier molecular flexibility index (Phi) is 6.86. The fourth-order valence-electron chi connectivity index (χ4n) is 4.71. The number of hydroxylamine groups is 1. The van der Waals surface area contributed by atoms with Crippen LogP contribution in [0, 0.1) is 12.3 Å². The van der Waals surface area contributed by atoms with Crippen molar-refractivity contribution in [3.8, 4) is 10.4 Å². The fraction of sp³-hybridized carbons (Fsp3) is 0.577. The van der Waals surface area contributed by atoms with Gasteiger partial charge in [-0.2, -0.15) is 0 Å². The fourth-order valence-corrected chi connectivity index (χ4v) is 5.52. The van der Waals surface area contributed by atoms with Gasteiger partial charge in [0.2, 0.25) is 11.6 Å². The van der Waals surface area contributed by atoms with Crippen molar-refractivity contribution in [2.45, 2.75) is 85.2 Å². The molecule has 1 aromatic carbocycles. The number of nitrogens with one attached hydrogen (secondary N) is 2. The smallest absolute Gasteiger partial charge is 0.240 e. The molecule has 0 radical (unpaired) electrons. The molecule has 3 heterocycles. The zero-order valence-electron chi connectivity index (χ0n) is 21.3. The van der Waals surface area contributed by atoms with Crippen LogP contribution in [0.4, 0.5) is 0 Å². The molecule has 0 saturated carbocycles. The first kappa shape index (κ1) is 24.8. The minimum Gasteiger partial charge on any atom is -0.331 e. The molecule has 4 rings (SSSR count). The number of aliphatic imine (C=N–C) groups is 1. The molecule has 8 heteroatoms. The third kappa shape index (κ3) is 4.90. The number of hydrogen-bond donors (Lipinski definition) is 2. The minimum atomic E-state index is -0.840. The van der Waals surface area contributed by atoms with E-state index in [0.29, 0.717) is 0 Å². The van der Waals surface area contributed by atoms with E-state index in [-0.39, 0.29) is 29.4 Å². The van der Waals surface area contributed by atoms with Crippen LogP contribution >= 0.6 is 11.3 Å². The van der Waals surface area contributed by atoms with Crippen LogP contribution in [0.15, 0.2) is 34.8 Å². The summed E-state index contributed by atoms with van der Waals surface area (Å²) in [4.78, 5) is 32.1. The first-order chi connectivity index (χ1) is 16.0. The Morgan fingerprint density at radius 3 is 2.59 bits per heavy atom. The number of rotatable bonds is 6. The van der Waals surface area contributed by atoms with Gasteiger partial charge < -0.3 is 10.2 Å². The maximum absolute atomic E-state index is 13.6. The van der Waals surface area contributed by atoms with Crippen molar-refractivity contribution in [1.82, 2.24) is 20.7 Å². The van der Waals surface area contributed by atoms with Crippen LogP contribution in [-0.4, -0.2) is 46.3 Å². The summed E-state index contributed by atoms with van der Waals surface area (Å²) in [6, 6.07) is 8.16. The van der Waals surface area contributed by atoms with Gasteiger partial charge in [-0.1, -0.05) is 58.9 Å². The Labute approximate surface area is 207 Å². The Morgan fingerprint density at radius 2 is 2.00 bits per heavy atom. The number of hydrogen-bond acceptors (Lipinski definition) is 7. The molecule has 34 heavy (non-hydrogen) atoms. The number of carbonyl (C=O) groups is 1. The third-order valence-corrected chi connectivity index (χ3v) is 7.56. The summed E-state index contributed by atoms with van der Waals surface area (Å²) in [6.07, 6.45) is 1.83. The molecule has 184 valence electrons. The van der Waals surface area contributed by atoms with Crippen LogP contribution in [0.2, 0.25) is 0 Å². The van der Waals surface area contributed by atoms with Crippen molar-refractivity contribution >= 4 is 23.1 Å². The SMILES string of the molecule is Cc1ncsc1-c1ccc(C2(C)N=C([C@@H]3CCCN3C(=O)C(NC(C)C)C(C)(C)C)NO2)cc1. The summed E-state index contributed by atoms with van der Waals surface area (Å²) in [7, 11) is 0. The summed E-state index contributed by atoms with van der Waals surface area (Å²) in [6.45, 7) is 15.2. The molecule has 2 unspecified atom stereocenters. The van der Waals surface area contributed by atoms with E-state index >= 15 is 0 Å². The number of benzene rings is 1. The molecule has 1 amide bonds. The average molecular weight is 484 g/mol. The van der Waals surface area contributed by atoms with E-state index in [1.807, 2.05) is 24.3 Å². The van der Waals surface area contributed by atoms with Crippen LogP contribution in [0.3, 0.4) is 0 Å². The number of carbonyl (C=O) groups excluding carboxylic acids is 1. The summed E-state index contributed by atoms with van der Waals surface area (Å²) in [5, 5.41) is 3.48. The zero-order valence-corrected chi connectivity index (χ0v) is 22.1. The molecule has 0 spiro atoms. The quantitative estimate of drug-likeness (QED) is 0.626. The van der Waals surface area contributed by atoms with Crippen molar-refractivity contribution < 1.29 is 9.63 Å². The highest BCUT2D eigenvalue weighted by molar-refractivity contribution is 7.13. The molecule has 0 aliphatic carbocycles. The maximum Gasteiger partial charge on any atom is 0.240 e. The van der Waals surface area contributed by atoms with Gasteiger partial charge in [-0.3, -0.25) is 4.79 Å². The molecule has 2 aliphatic heterocycles. The molecule has 2 aromatic rings. The molecule has 7 nitrogen and oxygen atoms in total. The normalized spacial score (nSPS) is 23.8. The lowest BCUT2D eigenvalue weighted by atomic mass is 9.85. The minimum absolute atomic E-state index is 0.104. The van der Waals surface area contributed by atoms with E-state index in [1.54, 1.807) is 11.3 Å². The highest BCUT2D eigenvalue weighted by Crippen LogP contribution is 2.35.